The second-order valence-electron chi connectivity index (χ2n) is 5.68. The molecule has 1 heterocycles. The van der Waals surface area contributed by atoms with Crippen LogP contribution in [-0.2, 0) is 6.42 Å². The van der Waals surface area contributed by atoms with E-state index in [0.29, 0.717) is 5.92 Å². The van der Waals surface area contributed by atoms with Gasteiger partial charge in [-0.25, -0.2) is 0 Å². The molecule has 92 valence electrons. The second-order valence-corrected chi connectivity index (χ2v) is 5.68. The van der Waals surface area contributed by atoms with Gasteiger partial charge in [0.05, 0.1) is 0 Å². The van der Waals surface area contributed by atoms with Gasteiger partial charge in [0.15, 0.2) is 0 Å². The SMILES string of the molecule is C1=c2cccc3c4c(c5c(c23)C(C1)CCC5)N=NN=4. The van der Waals surface area contributed by atoms with Crippen molar-refractivity contribution in [2.75, 3.05) is 0 Å². The standard InChI is InChI=1S/C16H13N3/c1-3-9-7-8-10-4-2-6-12-14(10)13(9)11(5-1)15-16(12)18-19-17-15/h1,3,5,7,10H,2,4,6,8H2. The minimum absolute atomic E-state index is 0.683. The van der Waals surface area contributed by atoms with Gasteiger partial charge in [0.1, 0.15) is 11.0 Å². The van der Waals surface area contributed by atoms with E-state index in [1.54, 1.807) is 5.56 Å². The first-order valence-corrected chi connectivity index (χ1v) is 7.00. The lowest BCUT2D eigenvalue weighted by atomic mass is 9.75. The van der Waals surface area contributed by atoms with Crippen molar-refractivity contribution in [3.8, 4) is 0 Å². The highest BCUT2D eigenvalue weighted by molar-refractivity contribution is 5.92. The highest BCUT2D eigenvalue weighted by Gasteiger charge is 2.29. The van der Waals surface area contributed by atoms with E-state index in [-0.39, 0.29) is 0 Å². The number of nitrogens with zero attached hydrogens (tertiary/aromatic N) is 3. The summed E-state index contributed by atoms with van der Waals surface area (Å²) in [5.41, 5.74) is 4.02. The largest absolute Gasteiger partial charge is 0.128 e. The van der Waals surface area contributed by atoms with Gasteiger partial charge in [-0.3, -0.25) is 0 Å². The Balaban J connectivity index is 2.14. The average Bonchev–Trinajstić information content (AvgIpc) is 2.95. The maximum absolute atomic E-state index is 4.30. The van der Waals surface area contributed by atoms with E-state index in [0.717, 1.165) is 17.5 Å². The van der Waals surface area contributed by atoms with Crippen molar-refractivity contribution in [1.82, 2.24) is 0 Å². The van der Waals surface area contributed by atoms with Crippen molar-refractivity contribution in [3.05, 3.63) is 39.9 Å². The highest BCUT2D eigenvalue weighted by Crippen LogP contribution is 2.42. The Morgan fingerprint density at radius 3 is 3.21 bits per heavy atom. The highest BCUT2D eigenvalue weighted by atomic mass is 15.4. The zero-order chi connectivity index (χ0) is 12.4. The lowest BCUT2D eigenvalue weighted by Gasteiger charge is -2.29. The molecule has 5 rings (SSSR count). The molecular weight excluding hydrogens is 234 g/mol. The van der Waals surface area contributed by atoms with E-state index in [1.807, 2.05) is 0 Å². The number of fused-ring (bicyclic) bond motifs is 3. The molecular formula is C16H13N3. The van der Waals surface area contributed by atoms with E-state index < -0.39 is 0 Å². The lowest BCUT2D eigenvalue weighted by Crippen LogP contribution is -2.22. The fraction of sp³-hybridized carbons (Fsp3) is 0.312. The number of benzene rings is 2. The van der Waals surface area contributed by atoms with E-state index in [9.17, 15) is 0 Å². The summed E-state index contributed by atoms with van der Waals surface area (Å²) in [5.74, 6) is 0.683. The van der Waals surface area contributed by atoms with Crippen LogP contribution in [0.5, 0.6) is 0 Å². The van der Waals surface area contributed by atoms with Gasteiger partial charge >= 0.3 is 0 Å². The maximum Gasteiger partial charge on any atom is 0.123 e. The van der Waals surface area contributed by atoms with Crippen LogP contribution in [0.3, 0.4) is 0 Å². The Bertz CT molecular complexity index is 877. The topological polar surface area (TPSA) is 37.1 Å². The quantitative estimate of drug-likeness (QED) is 0.686. The molecule has 2 aromatic rings. The van der Waals surface area contributed by atoms with E-state index in [2.05, 4.69) is 39.7 Å². The van der Waals surface area contributed by atoms with E-state index in [1.165, 1.54) is 40.8 Å². The minimum atomic E-state index is 0.683. The summed E-state index contributed by atoms with van der Waals surface area (Å²) in [4.78, 5) is 0. The predicted molar refractivity (Wildman–Crippen MR) is 74.0 cm³/mol. The number of hydrogen-bond acceptors (Lipinski definition) is 3. The van der Waals surface area contributed by atoms with Gasteiger partial charge in [-0.2, -0.15) is 0 Å². The summed E-state index contributed by atoms with van der Waals surface area (Å²) >= 11 is 0. The van der Waals surface area contributed by atoms with Crippen LogP contribution in [0.4, 0.5) is 5.69 Å². The Labute approximate surface area is 110 Å². The molecule has 1 atom stereocenters. The molecule has 0 radical (unpaired) electrons. The van der Waals surface area contributed by atoms with Crippen LogP contribution in [0.2, 0.25) is 0 Å². The molecule has 0 N–H and O–H groups in total. The molecule has 3 nitrogen and oxygen atoms in total. The Kier molecular flexibility index (Phi) is 1.71. The third kappa shape index (κ3) is 1.11. The van der Waals surface area contributed by atoms with Crippen LogP contribution in [0.25, 0.3) is 16.8 Å². The molecule has 3 heteroatoms. The number of hydrogen-bond donors (Lipinski definition) is 0. The predicted octanol–water partition coefficient (Wildman–Crippen LogP) is 3.08. The van der Waals surface area contributed by atoms with Crippen LogP contribution in [0, 0.1) is 0 Å². The first kappa shape index (κ1) is 9.84. The second kappa shape index (κ2) is 3.29. The molecule has 0 saturated carbocycles. The monoisotopic (exact) mass is 247 g/mol. The molecule has 0 saturated heterocycles. The van der Waals surface area contributed by atoms with Crippen LogP contribution < -0.4 is 10.6 Å². The van der Waals surface area contributed by atoms with Crippen LogP contribution >= 0.6 is 0 Å². The lowest BCUT2D eigenvalue weighted by molar-refractivity contribution is 0.567. The number of rotatable bonds is 0. The van der Waals surface area contributed by atoms with Gasteiger partial charge in [-0.05, 0) is 58.6 Å². The van der Waals surface area contributed by atoms with Crippen LogP contribution in [-0.4, -0.2) is 0 Å². The summed E-state index contributed by atoms with van der Waals surface area (Å²) in [7, 11) is 0. The summed E-state index contributed by atoms with van der Waals surface area (Å²) in [5, 5.41) is 17.5. The summed E-state index contributed by atoms with van der Waals surface area (Å²) in [6, 6.07) is 6.52. The molecule has 0 amide bonds. The van der Waals surface area contributed by atoms with Crippen molar-refractivity contribution in [1.29, 1.82) is 0 Å². The first-order chi connectivity index (χ1) is 9.43. The molecule has 0 fully saturated rings. The molecule has 19 heavy (non-hydrogen) atoms. The summed E-state index contributed by atoms with van der Waals surface area (Å²) in [6.45, 7) is 0. The van der Waals surface area contributed by atoms with E-state index >= 15 is 0 Å². The summed E-state index contributed by atoms with van der Waals surface area (Å²) in [6.07, 6.45) is 7.27. The molecule has 1 unspecified atom stereocenters. The van der Waals surface area contributed by atoms with Gasteiger partial charge in [-0.15, -0.1) is 10.2 Å². The smallest absolute Gasteiger partial charge is 0.123 e. The molecule has 2 aliphatic carbocycles. The zero-order valence-corrected chi connectivity index (χ0v) is 10.6. The average molecular weight is 247 g/mol. The van der Waals surface area contributed by atoms with Gasteiger partial charge in [0.25, 0.3) is 0 Å². The molecule has 1 aliphatic heterocycles. The van der Waals surface area contributed by atoms with Gasteiger partial charge in [0, 0.05) is 5.39 Å². The molecule has 0 bridgehead atoms. The third-order valence-electron chi connectivity index (χ3n) is 4.76. The van der Waals surface area contributed by atoms with Crippen molar-refractivity contribution in [2.45, 2.75) is 31.6 Å². The summed E-state index contributed by atoms with van der Waals surface area (Å²) < 4.78 is 0. The zero-order valence-electron chi connectivity index (χ0n) is 10.6. The van der Waals surface area contributed by atoms with Gasteiger partial charge in [0.2, 0.25) is 0 Å². The van der Waals surface area contributed by atoms with E-state index in [4.69, 9.17) is 0 Å². The Hall–Kier alpha value is -2.03. The first-order valence-electron chi connectivity index (χ1n) is 7.00. The Morgan fingerprint density at radius 1 is 1.21 bits per heavy atom. The van der Waals surface area contributed by atoms with Crippen molar-refractivity contribution >= 4 is 22.5 Å². The molecule has 3 aliphatic rings. The van der Waals surface area contributed by atoms with Crippen LogP contribution in [0.1, 0.15) is 36.3 Å². The van der Waals surface area contributed by atoms with Crippen molar-refractivity contribution < 1.29 is 0 Å². The Morgan fingerprint density at radius 2 is 2.21 bits per heavy atom. The minimum Gasteiger partial charge on any atom is -0.128 e. The fourth-order valence-electron chi connectivity index (χ4n) is 3.99. The van der Waals surface area contributed by atoms with Crippen molar-refractivity contribution in [3.63, 3.8) is 0 Å². The maximum atomic E-state index is 4.30. The molecule has 0 spiro atoms. The molecule has 2 aromatic carbocycles. The normalized spacial score (nSPS) is 22.0. The third-order valence-corrected chi connectivity index (χ3v) is 4.76. The van der Waals surface area contributed by atoms with Crippen molar-refractivity contribution in [2.24, 2.45) is 15.4 Å². The van der Waals surface area contributed by atoms with Crippen LogP contribution in [0.15, 0.2) is 33.6 Å². The fourth-order valence-corrected chi connectivity index (χ4v) is 3.99. The van der Waals surface area contributed by atoms with Gasteiger partial charge < -0.3 is 0 Å². The van der Waals surface area contributed by atoms with Gasteiger partial charge in [-0.1, -0.05) is 24.3 Å². The molecule has 0 aromatic heterocycles.